The summed E-state index contributed by atoms with van der Waals surface area (Å²) in [6.45, 7) is 4.70. The first-order valence-electron chi connectivity index (χ1n) is 10.7. The summed E-state index contributed by atoms with van der Waals surface area (Å²) in [7, 11) is 0. The lowest BCUT2D eigenvalue weighted by atomic mass is 9.47. The van der Waals surface area contributed by atoms with Crippen LogP contribution < -0.4 is 0 Å². The van der Waals surface area contributed by atoms with Gasteiger partial charge in [-0.15, -0.1) is 0 Å². The number of fused-ring (bicyclic) bond motifs is 7. The van der Waals surface area contributed by atoms with Gasteiger partial charge in [-0.05, 0) is 74.9 Å². The van der Waals surface area contributed by atoms with Crippen molar-refractivity contribution < 1.29 is 19.1 Å². The lowest BCUT2D eigenvalue weighted by Gasteiger charge is -2.55. The summed E-state index contributed by atoms with van der Waals surface area (Å²) >= 11 is 0. The van der Waals surface area contributed by atoms with Crippen LogP contribution in [0.15, 0.2) is 23.8 Å². The van der Waals surface area contributed by atoms with Crippen molar-refractivity contribution in [3.8, 4) is 0 Å². The number of epoxide rings is 1. The fourth-order valence-electron chi connectivity index (χ4n) is 8.75. The molecule has 7 rings (SSSR count). The maximum atomic E-state index is 12.1. The zero-order valence-electron chi connectivity index (χ0n) is 16.0. The normalized spacial score (nSPS) is 61.4. The van der Waals surface area contributed by atoms with Crippen LogP contribution in [-0.2, 0) is 19.1 Å². The third-order valence-corrected chi connectivity index (χ3v) is 10.0. The van der Waals surface area contributed by atoms with E-state index in [4.69, 9.17) is 9.47 Å². The smallest absolute Gasteiger partial charge is 0.306 e. The second-order valence-corrected chi connectivity index (χ2v) is 10.7. The number of hydrogen-bond donors (Lipinski definition) is 0. The molecular formula is C23H26O4. The first kappa shape index (κ1) is 15.5. The van der Waals surface area contributed by atoms with Crippen LogP contribution in [0.5, 0.6) is 0 Å². The van der Waals surface area contributed by atoms with Gasteiger partial charge in [0.15, 0.2) is 5.78 Å². The number of hydrogen-bond acceptors (Lipinski definition) is 4. The monoisotopic (exact) mass is 366 g/mol. The molecule has 4 nitrogen and oxygen atoms in total. The van der Waals surface area contributed by atoms with Crippen molar-refractivity contribution in [2.24, 2.45) is 34.5 Å². The topological polar surface area (TPSA) is 55.9 Å². The first-order chi connectivity index (χ1) is 12.8. The summed E-state index contributed by atoms with van der Waals surface area (Å²) in [6, 6.07) is 0. The van der Waals surface area contributed by atoms with Gasteiger partial charge in [0.2, 0.25) is 0 Å². The molecule has 0 bridgehead atoms. The average molecular weight is 366 g/mol. The number of ether oxygens (including phenoxy) is 2. The molecule has 2 saturated heterocycles. The second kappa shape index (κ2) is 4.12. The van der Waals surface area contributed by atoms with Crippen LogP contribution in [0.3, 0.4) is 0 Å². The molecule has 0 N–H and O–H groups in total. The number of carbonyl (C=O) groups is 2. The van der Waals surface area contributed by atoms with Gasteiger partial charge in [-0.3, -0.25) is 9.59 Å². The summed E-state index contributed by atoms with van der Waals surface area (Å²) in [5.74, 6) is 2.41. The zero-order chi connectivity index (χ0) is 18.4. The molecule has 0 amide bonds. The lowest BCUT2D eigenvalue weighted by Crippen LogP contribution is -2.60. The van der Waals surface area contributed by atoms with Gasteiger partial charge in [-0.1, -0.05) is 18.6 Å². The molecule has 0 aromatic rings. The molecule has 0 radical (unpaired) electrons. The van der Waals surface area contributed by atoms with Gasteiger partial charge >= 0.3 is 5.97 Å². The van der Waals surface area contributed by atoms with Crippen LogP contribution in [-0.4, -0.2) is 29.1 Å². The number of esters is 1. The van der Waals surface area contributed by atoms with E-state index in [1.165, 1.54) is 12.0 Å². The van der Waals surface area contributed by atoms with Crippen LogP contribution in [0.2, 0.25) is 0 Å². The maximum absolute atomic E-state index is 12.1. The minimum atomic E-state index is -0.257. The Labute approximate surface area is 159 Å². The highest BCUT2D eigenvalue weighted by Gasteiger charge is 2.85. The molecule has 27 heavy (non-hydrogen) atoms. The van der Waals surface area contributed by atoms with Crippen LogP contribution in [0.1, 0.15) is 52.4 Å². The standard InChI is InChI=1S/C23H26O4/c1-20-6-3-12(24)9-16(20)13-10-14(13)19-15-4-7-22(8-5-18(25)27-22)21(15,2)11-17-23(19,20)26-17/h3,6,9,13-15,17,19H,4-5,7-8,10-11H2,1-2H3/t13-,14+,15+,17?,19+,20+,21+,22-,23?/m1/s1. The van der Waals surface area contributed by atoms with Crippen molar-refractivity contribution in [1.29, 1.82) is 0 Å². The molecule has 5 aliphatic carbocycles. The van der Waals surface area contributed by atoms with Gasteiger partial charge in [-0.2, -0.15) is 0 Å². The summed E-state index contributed by atoms with van der Waals surface area (Å²) in [5.41, 5.74) is 0.839. The van der Waals surface area contributed by atoms with E-state index in [-0.39, 0.29) is 39.9 Å². The van der Waals surface area contributed by atoms with Crippen molar-refractivity contribution in [2.45, 2.75) is 69.7 Å². The summed E-state index contributed by atoms with van der Waals surface area (Å²) in [4.78, 5) is 24.1. The SMILES string of the molecule is C[C@]12C=CC(=O)C=C1[C@@H]1C[C@@H]1[C@H]1[C@@H]3CC[C@@]4(CCC(=O)O4)[C@@]3(C)CC3OC312. The Morgan fingerprint density at radius 1 is 1.19 bits per heavy atom. The molecule has 7 aliphatic rings. The van der Waals surface area contributed by atoms with E-state index in [0.29, 0.717) is 30.1 Å². The molecule has 2 heterocycles. The molecule has 4 heteroatoms. The fourth-order valence-corrected chi connectivity index (χ4v) is 8.75. The number of allylic oxidation sites excluding steroid dienone is 2. The number of rotatable bonds is 0. The summed E-state index contributed by atoms with van der Waals surface area (Å²) in [5, 5.41) is 0. The Kier molecular flexibility index (Phi) is 2.37. The quantitative estimate of drug-likeness (QED) is 0.487. The Bertz CT molecular complexity index is 887. The maximum Gasteiger partial charge on any atom is 0.306 e. The minimum Gasteiger partial charge on any atom is -0.458 e. The van der Waals surface area contributed by atoms with Crippen molar-refractivity contribution in [3.05, 3.63) is 23.8 Å². The van der Waals surface area contributed by atoms with Gasteiger partial charge in [0, 0.05) is 17.3 Å². The molecule has 2 spiro atoms. The third-order valence-electron chi connectivity index (χ3n) is 10.0. The van der Waals surface area contributed by atoms with E-state index in [0.717, 1.165) is 25.7 Å². The highest BCUT2D eigenvalue weighted by molar-refractivity contribution is 6.01. The highest BCUT2D eigenvalue weighted by atomic mass is 16.6. The van der Waals surface area contributed by atoms with E-state index < -0.39 is 0 Å². The van der Waals surface area contributed by atoms with Crippen LogP contribution in [0, 0.1) is 34.5 Å². The van der Waals surface area contributed by atoms with Gasteiger partial charge in [-0.25, -0.2) is 0 Å². The van der Waals surface area contributed by atoms with E-state index >= 15 is 0 Å². The van der Waals surface area contributed by atoms with Gasteiger partial charge in [0.1, 0.15) is 11.2 Å². The van der Waals surface area contributed by atoms with Crippen LogP contribution in [0.25, 0.3) is 0 Å². The molecule has 2 aliphatic heterocycles. The van der Waals surface area contributed by atoms with Crippen molar-refractivity contribution in [2.75, 3.05) is 0 Å². The average Bonchev–Trinajstić information content (AvgIpc) is 3.49. The van der Waals surface area contributed by atoms with Crippen molar-refractivity contribution in [1.82, 2.24) is 0 Å². The predicted octanol–water partition coefficient (Wildman–Crippen LogP) is 3.36. The fraction of sp³-hybridized carbons (Fsp3) is 0.739. The van der Waals surface area contributed by atoms with E-state index in [1.807, 2.05) is 6.08 Å². The first-order valence-corrected chi connectivity index (χ1v) is 10.7. The molecule has 2 unspecified atom stereocenters. The third kappa shape index (κ3) is 1.43. The Hall–Kier alpha value is -1.42. The number of carbonyl (C=O) groups excluding carboxylic acids is 2. The predicted molar refractivity (Wildman–Crippen MR) is 96.5 cm³/mol. The molecule has 0 aromatic carbocycles. The zero-order valence-corrected chi connectivity index (χ0v) is 16.0. The highest BCUT2D eigenvalue weighted by Crippen LogP contribution is 2.82. The molecule has 142 valence electrons. The van der Waals surface area contributed by atoms with E-state index in [2.05, 4.69) is 19.9 Å². The van der Waals surface area contributed by atoms with Crippen molar-refractivity contribution in [3.63, 3.8) is 0 Å². The van der Waals surface area contributed by atoms with Crippen molar-refractivity contribution >= 4 is 11.8 Å². The van der Waals surface area contributed by atoms with Gasteiger partial charge < -0.3 is 9.47 Å². The molecule has 4 saturated carbocycles. The molecule has 6 fully saturated rings. The van der Waals surface area contributed by atoms with E-state index in [9.17, 15) is 9.59 Å². The Morgan fingerprint density at radius 2 is 2.04 bits per heavy atom. The van der Waals surface area contributed by atoms with Gasteiger partial charge in [0.25, 0.3) is 0 Å². The Balaban J connectivity index is 1.37. The molecular weight excluding hydrogens is 340 g/mol. The van der Waals surface area contributed by atoms with Crippen LogP contribution in [0.4, 0.5) is 0 Å². The van der Waals surface area contributed by atoms with Gasteiger partial charge in [0.05, 0.1) is 6.10 Å². The number of ketones is 1. The van der Waals surface area contributed by atoms with E-state index in [1.54, 1.807) is 6.08 Å². The molecule has 9 atom stereocenters. The van der Waals surface area contributed by atoms with Crippen LogP contribution >= 0.6 is 0 Å². The second-order valence-electron chi connectivity index (χ2n) is 10.7. The summed E-state index contributed by atoms with van der Waals surface area (Å²) in [6.07, 6.45) is 11.9. The minimum absolute atomic E-state index is 0.00993. The largest absolute Gasteiger partial charge is 0.458 e. The Morgan fingerprint density at radius 3 is 2.81 bits per heavy atom. The lowest BCUT2D eigenvalue weighted by molar-refractivity contribution is -0.164. The molecule has 0 aromatic heterocycles. The summed E-state index contributed by atoms with van der Waals surface area (Å²) < 4.78 is 12.7.